The Morgan fingerprint density at radius 1 is 1.36 bits per heavy atom. The third kappa shape index (κ3) is 4.12. The number of amides is 1. The predicted molar refractivity (Wildman–Crippen MR) is 96.4 cm³/mol. The lowest BCUT2D eigenvalue weighted by Gasteiger charge is -2.23. The minimum atomic E-state index is -0.00262. The summed E-state index contributed by atoms with van der Waals surface area (Å²) < 4.78 is 7.77. The molecule has 1 unspecified atom stereocenters. The van der Waals surface area contributed by atoms with Crippen molar-refractivity contribution in [2.45, 2.75) is 52.7 Å². The first kappa shape index (κ1) is 17.7. The Morgan fingerprint density at radius 3 is 2.84 bits per heavy atom. The van der Waals surface area contributed by atoms with Crippen LogP contribution in [0.5, 0.6) is 0 Å². The second-order valence-electron chi connectivity index (χ2n) is 6.76. The lowest BCUT2D eigenvalue weighted by Crippen LogP contribution is -2.38. The van der Waals surface area contributed by atoms with Crippen LogP contribution in [0.4, 0.5) is 0 Å². The molecule has 0 saturated carbocycles. The van der Waals surface area contributed by atoms with Crippen molar-refractivity contribution in [1.82, 2.24) is 19.6 Å². The Labute approximate surface area is 149 Å². The zero-order valence-electron chi connectivity index (χ0n) is 15.4. The Morgan fingerprint density at radius 2 is 2.16 bits per heavy atom. The summed E-state index contributed by atoms with van der Waals surface area (Å²) in [5.74, 6) is 1.30. The summed E-state index contributed by atoms with van der Waals surface area (Å²) in [5.41, 5.74) is 1.14. The van der Waals surface area contributed by atoms with E-state index in [-0.39, 0.29) is 11.9 Å². The van der Waals surface area contributed by atoms with Gasteiger partial charge < -0.3 is 9.32 Å². The van der Waals surface area contributed by atoms with Crippen molar-refractivity contribution in [3.63, 3.8) is 0 Å². The van der Waals surface area contributed by atoms with Crippen molar-refractivity contribution in [3.05, 3.63) is 41.6 Å². The molecule has 136 valence electrons. The molecule has 2 aromatic rings. The molecule has 3 rings (SSSR count). The first-order valence-electron chi connectivity index (χ1n) is 9.21. The molecule has 2 aromatic heterocycles. The number of carbonyl (C=O) groups is 1. The second kappa shape index (κ2) is 7.87. The fourth-order valence-electron chi connectivity index (χ4n) is 3.46. The van der Waals surface area contributed by atoms with Gasteiger partial charge in [-0.2, -0.15) is 5.10 Å². The highest BCUT2D eigenvalue weighted by Crippen LogP contribution is 2.23. The third-order valence-corrected chi connectivity index (χ3v) is 4.94. The minimum Gasteiger partial charge on any atom is -0.455 e. The van der Waals surface area contributed by atoms with Gasteiger partial charge in [-0.3, -0.25) is 14.4 Å². The summed E-state index contributed by atoms with van der Waals surface area (Å²) in [6.07, 6.45) is 5.92. The molecular formula is C19H28N4O2. The summed E-state index contributed by atoms with van der Waals surface area (Å²) in [5, 5.41) is 4.35. The number of rotatable bonds is 7. The molecule has 1 aliphatic rings. The quantitative estimate of drug-likeness (QED) is 0.775. The lowest BCUT2D eigenvalue weighted by atomic mass is 10.2. The molecule has 0 spiro atoms. The maximum absolute atomic E-state index is 12.9. The van der Waals surface area contributed by atoms with Crippen molar-refractivity contribution in [2.24, 2.45) is 0 Å². The van der Waals surface area contributed by atoms with E-state index >= 15 is 0 Å². The van der Waals surface area contributed by atoms with Gasteiger partial charge in [-0.15, -0.1) is 0 Å². The maximum atomic E-state index is 12.9. The van der Waals surface area contributed by atoms with Gasteiger partial charge in [0, 0.05) is 12.7 Å². The van der Waals surface area contributed by atoms with Gasteiger partial charge in [0.2, 0.25) is 0 Å². The molecule has 6 heteroatoms. The van der Waals surface area contributed by atoms with Crippen LogP contribution in [0.3, 0.4) is 0 Å². The van der Waals surface area contributed by atoms with Crippen LogP contribution in [0, 0.1) is 6.92 Å². The summed E-state index contributed by atoms with van der Waals surface area (Å²) in [6.45, 7) is 10.5. The van der Waals surface area contributed by atoms with E-state index in [1.54, 1.807) is 0 Å². The van der Waals surface area contributed by atoms with Crippen molar-refractivity contribution < 1.29 is 9.21 Å². The molecule has 6 nitrogen and oxygen atoms in total. The average molecular weight is 344 g/mol. The Balaban J connectivity index is 1.66. The molecule has 1 aliphatic heterocycles. The van der Waals surface area contributed by atoms with Crippen LogP contribution >= 0.6 is 0 Å². The Kier molecular flexibility index (Phi) is 5.58. The van der Waals surface area contributed by atoms with E-state index in [4.69, 9.17) is 4.42 Å². The normalized spacial score (nSPS) is 17.6. The largest absolute Gasteiger partial charge is 0.455 e. The SMILES string of the molecule is CCN(CC)Cc1ccc(C(=O)N2CCCC2Cn2cc(C)cn2)o1. The van der Waals surface area contributed by atoms with Gasteiger partial charge in [-0.25, -0.2) is 0 Å². The highest BCUT2D eigenvalue weighted by molar-refractivity contribution is 5.92. The highest BCUT2D eigenvalue weighted by atomic mass is 16.4. The summed E-state index contributed by atoms with van der Waals surface area (Å²) >= 11 is 0. The number of nitrogens with zero attached hydrogens (tertiary/aromatic N) is 4. The summed E-state index contributed by atoms with van der Waals surface area (Å²) in [6, 6.07) is 3.92. The zero-order valence-corrected chi connectivity index (χ0v) is 15.4. The van der Waals surface area contributed by atoms with E-state index < -0.39 is 0 Å². The molecule has 0 bridgehead atoms. The second-order valence-corrected chi connectivity index (χ2v) is 6.76. The number of aromatic nitrogens is 2. The molecule has 0 N–H and O–H groups in total. The van der Waals surface area contributed by atoms with Gasteiger partial charge >= 0.3 is 0 Å². The monoisotopic (exact) mass is 344 g/mol. The highest BCUT2D eigenvalue weighted by Gasteiger charge is 2.31. The molecule has 0 aliphatic carbocycles. The molecule has 3 heterocycles. The lowest BCUT2D eigenvalue weighted by molar-refractivity contribution is 0.0685. The molecule has 25 heavy (non-hydrogen) atoms. The van der Waals surface area contributed by atoms with Gasteiger partial charge in [-0.05, 0) is 50.6 Å². The number of furan rings is 1. The van der Waals surface area contributed by atoms with Crippen LogP contribution in [-0.2, 0) is 13.1 Å². The van der Waals surface area contributed by atoms with Gasteiger partial charge in [0.25, 0.3) is 5.91 Å². The molecule has 1 fully saturated rings. The van der Waals surface area contributed by atoms with Gasteiger partial charge in [0.1, 0.15) is 5.76 Å². The molecule has 1 saturated heterocycles. The van der Waals surface area contributed by atoms with Crippen LogP contribution in [0.15, 0.2) is 28.9 Å². The van der Waals surface area contributed by atoms with E-state index in [1.165, 1.54) is 0 Å². The summed E-state index contributed by atoms with van der Waals surface area (Å²) in [4.78, 5) is 17.1. The van der Waals surface area contributed by atoms with Crippen molar-refractivity contribution in [2.75, 3.05) is 19.6 Å². The number of hydrogen-bond donors (Lipinski definition) is 0. The maximum Gasteiger partial charge on any atom is 0.289 e. The molecule has 0 radical (unpaired) electrons. The zero-order chi connectivity index (χ0) is 17.8. The van der Waals surface area contributed by atoms with Gasteiger partial charge in [-0.1, -0.05) is 13.8 Å². The third-order valence-electron chi connectivity index (χ3n) is 4.94. The minimum absolute atomic E-state index is 0.00262. The van der Waals surface area contributed by atoms with Crippen LogP contribution in [-0.4, -0.2) is 51.2 Å². The standard InChI is InChI=1S/C19H28N4O2/c1-4-21(5-2)14-17-8-9-18(25-17)19(24)23-10-6-7-16(23)13-22-12-15(3)11-20-22/h8-9,11-12,16H,4-7,10,13-14H2,1-3H3. The topological polar surface area (TPSA) is 54.5 Å². The number of likely N-dealkylation sites (tertiary alicyclic amines) is 1. The summed E-state index contributed by atoms with van der Waals surface area (Å²) in [7, 11) is 0. The van der Waals surface area contributed by atoms with Crippen LogP contribution in [0.1, 0.15) is 48.6 Å². The van der Waals surface area contributed by atoms with Gasteiger partial charge in [0.15, 0.2) is 5.76 Å². The predicted octanol–water partition coefficient (Wildman–Crippen LogP) is 2.93. The molecule has 1 amide bonds. The van der Waals surface area contributed by atoms with E-state index in [0.717, 1.165) is 56.9 Å². The van der Waals surface area contributed by atoms with E-state index in [1.807, 2.05) is 41.0 Å². The van der Waals surface area contributed by atoms with Crippen LogP contribution in [0.25, 0.3) is 0 Å². The smallest absolute Gasteiger partial charge is 0.289 e. The van der Waals surface area contributed by atoms with Crippen molar-refractivity contribution in [3.8, 4) is 0 Å². The van der Waals surface area contributed by atoms with E-state index in [0.29, 0.717) is 5.76 Å². The first-order chi connectivity index (χ1) is 12.1. The molecule has 0 aromatic carbocycles. The number of aryl methyl sites for hydroxylation is 1. The Bertz CT molecular complexity index is 702. The van der Waals surface area contributed by atoms with Crippen molar-refractivity contribution in [1.29, 1.82) is 0 Å². The van der Waals surface area contributed by atoms with Crippen molar-refractivity contribution >= 4 is 5.91 Å². The Hall–Kier alpha value is -2.08. The molecular weight excluding hydrogens is 316 g/mol. The fraction of sp³-hybridized carbons (Fsp3) is 0.579. The van der Waals surface area contributed by atoms with E-state index in [2.05, 4.69) is 23.8 Å². The first-order valence-corrected chi connectivity index (χ1v) is 9.21. The number of hydrogen-bond acceptors (Lipinski definition) is 4. The fourth-order valence-corrected chi connectivity index (χ4v) is 3.46. The number of carbonyl (C=O) groups excluding carboxylic acids is 1. The van der Waals surface area contributed by atoms with Crippen LogP contribution < -0.4 is 0 Å². The van der Waals surface area contributed by atoms with E-state index in [9.17, 15) is 4.79 Å². The molecule has 1 atom stereocenters. The average Bonchev–Trinajstić information content (AvgIpc) is 3.34. The van der Waals surface area contributed by atoms with Crippen LogP contribution in [0.2, 0.25) is 0 Å². The van der Waals surface area contributed by atoms with Gasteiger partial charge in [0.05, 0.1) is 25.3 Å².